The highest BCUT2D eigenvalue weighted by Crippen LogP contribution is 2.34. The highest BCUT2D eigenvalue weighted by atomic mass is 35.5. The van der Waals surface area contributed by atoms with Gasteiger partial charge in [-0.1, -0.05) is 78.3 Å². The van der Waals surface area contributed by atoms with Crippen molar-refractivity contribution in [3.63, 3.8) is 0 Å². The number of rotatable bonds is 7. The Bertz CT molecular complexity index is 1540. The first-order chi connectivity index (χ1) is 17.1. The Morgan fingerprint density at radius 2 is 1.66 bits per heavy atom. The van der Waals surface area contributed by atoms with Gasteiger partial charge in [0.15, 0.2) is 0 Å². The molecule has 0 aliphatic heterocycles. The SMILES string of the molecule is O=C(Cn1nc(-c2ccccc2)ccc1=O)NCC(c1ccccc1Cl)c1c[nH]c2ccccc12. The number of fused-ring (bicyclic) bond motifs is 1. The highest BCUT2D eigenvalue weighted by molar-refractivity contribution is 6.31. The number of nitrogens with zero attached hydrogens (tertiary/aromatic N) is 2. The van der Waals surface area contributed by atoms with Crippen LogP contribution in [-0.4, -0.2) is 27.2 Å². The van der Waals surface area contributed by atoms with E-state index in [9.17, 15) is 9.59 Å². The number of amides is 1. The van der Waals surface area contributed by atoms with Gasteiger partial charge in [-0.3, -0.25) is 9.59 Å². The maximum Gasteiger partial charge on any atom is 0.267 e. The average Bonchev–Trinajstić information content (AvgIpc) is 3.31. The number of carbonyl (C=O) groups excluding carboxylic acids is 1. The smallest absolute Gasteiger partial charge is 0.267 e. The van der Waals surface area contributed by atoms with E-state index in [0.29, 0.717) is 17.3 Å². The lowest BCUT2D eigenvalue weighted by Crippen LogP contribution is -2.35. The highest BCUT2D eigenvalue weighted by Gasteiger charge is 2.21. The third-order valence-electron chi connectivity index (χ3n) is 6.01. The van der Waals surface area contributed by atoms with Crippen molar-refractivity contribution in [2.45, 2.75) is 12.5 Å². The van der Waals surface area contributed by atoms with Crippen molar-refractivity contribution in [3.8, 4) is 11.3 Å². The van der Waals surface area contributed by atoms with E-state index in [-0.39, 0.29) is 23.9 Å². The summed E-state index contributed by atoms with van der Waals surface area (Å²) in [6.45, 7) is 0.139. The van der Waals surface area contributed by atoms with Crippen LogP contribution in [0.3, 0.4) is 0 Å². The molecule has 5 rings (SSSR count). The van der Waals surface area contributed by atoms with E-state index in [2.05, 4.69) is 15.4 Å². The number of aromatic amines is 1. The Kier molecular flexibility index (Phi) is 6.46. The number of nitrogens with one attached hydrogen (secondary N) is 2. The van der Waals surface area contributed by atoms with Gasteiger partial charge in [0.2, 0.25) is 5.91 Å². The number of benzene rings is 3. The summed E-state index contributed by atoms with van der Waals surface area (Å²) in [6, 6.07) is 28.3. The van der Waals surface area contributed by atoms with Crippen molar-refractivity contribution in [3.05, 3.63) is 124 Å². The van der Waals surface area contributed by atoms with Crippen LogP contribution >= 0.6 is 11.6 Å². The molecule has 0 bridgehead atoms. The second-order valence-corrected chi connectivity index (χ2v) is 8.66. The van der Waals surface area contributed by atoms with Crippen molar-refractivity contribution in [2.24, 2.45) is 0 Å². The standard InChI is InChI=1S/C28H23ClN4O2/c29-24-12-6-4-10-20(24)22(23-16-30-26-13-7-5-11-21(23)26)17-31-27(34)18-33-28(35)15-14-25(32-33)19-8-2-1-3-9-19/h1-16,22,30H,17-18H2,(H,31,34). The lowest BCUT2D eigenvalue weighted by Gasteiger charge is -2.19. The number of hydrogen-bond acceptors (Lipinski definition) is 3. The largest absolute Gasteiger partial charge is 0.361 e. The second-order valence-electron chi connectivity index (χ2n) is 8.25. The minimum atomic E-state index is -0.334. The predicted molar refractivity (Wildman–Crippen MR) is 139 cm³/mol. The zero-order chi connectivity index (χ0) is 24.2. The Hall–Kier alpha value is -4.16. The molecule has 174 valence electrons. The zero-order valence-corrected chi connectivity index (χ0v) is 19.6. The van der Waals surface area contributed by atoms with Gasteiger partial charge in [0.1, 0.15) is 6.54 Å². The lowest BCUT2D eigenvalue weighted by atomic mass is 9.90. The quantitative estimate of drug-likeness (QED) is 0.343. The maximum absolute atomic E-state index is 12.9. The molecule has 5 aromatic rings. The van der Waals surface area contributed by atoms with Crippen LogP contribution in [0, 0.1) is 0 Å². The Labute approximate surface area is 207 Å². The molecule has 6 nitrogen and oxygen atoms in total. The summed E-state index contributed by atoms with van der Waals surface area (Å²) in [5, 5.41) is 9.07. The molecule has 0 aliphatic carbocycles. The van der Waals surface area contributed by atoms with E-state index in [1.54, 1.807) is 6.07 Å². The third-order valence-corrected chi connectivity index (χ3v) is 6.35. The fourth-order valence-electron chi connectivity index (χ4n) is 4.26. The average molecular weight is 483 g/mol. The van der Waals surface area contributed by atoms with Crippen LogP contribution in [-0.2, 0) is 11.3 Å². The molecular formula is C28H23ClN4O2. The van der Waals surface area contributed by atoms with Gasteiger partial charge in [0, 0.05) is 46.2 Å². The summed E-state index contributed by atoms with van der Waals surface area (Å²) >= 11 is 6.55. The van der Waals surface area contributed by atoms with Crippen molar-refractivity contribution in [2.75, 3.05) is 6.54 Å². The summed E-state index contributed by atoms with van der Waals surface area (Å²) in [4.78, 5) is 28.6. The lowest BCUT2D eigenvalue weighted by molar-refractivity contribution is -0.121. The second kappa shape index (κ2) is 9.99. The monoisotopic (exact) mass is 482 g/mol. The first-order valence-corrected chi connectivity index (χ1v) is 11.7. The fraction of sp³-hybridized carbons (Fsp3) is 0.107. The number of halogens is 1. The molecule has 0 fully saturated rings. The number of carbonyl (C=O) groups is 1. The molecule has 0 radical (unpaired) electrons. The number of aromatic nitrogens is 3. The number of hydrogen-bond donors (Lipinski definition) is 2. The molecule has 2 aromatic heterocycles. The number of para-hydroxylation sites is 1. The van der Waals surface area contributed by atoms with Crippen molar-refractivity contribution < 1.29 is 4.79 Å². The van der Waals surface area contributed by atoms with Gasteiger partial charge in [-0.25, -0.2) is 4.68 Å². The molecule has 0 spiro atoms. The molecule has 1 amide bonds. The third kappa shape index (κ3) is 4.88. The molecule has 0 saturated carbocycles. The molecule has 0 aliphatic rings. The normalized spacial score (nSPS) is 11.9. The fourth-order valence-corrected chi connectivity index (χ4v) is 4.53. The van der Waals surface area contributed by atoms with Crippen LogP contribution < -0.4 is 10.9 Å². The van der Waals surface area contributed by atoms with Gasteiger partial charge in [0.25, 0.3) is 5.56 Å². The van der Waals surface area contributed by atoms with Crippen LogP contribution in [0.25, 0.3) is 22.2 Å². The van der Waals surface area contributed by atoms with E-state index < -0.39 is 0 Å². The summed E-state index contributed by atoms with van der Waals surface area (Å²) < 4.78 is 1.19. The molecule has 0 saturated heterocycles. The minimum Gasteiger partial charge on any atom is -0.361 e. The molecule has 2 N–H and O–H groups in total. The molecule has 1 unspecified atom stereocenters. The summed E-state index contributed by atoms with van der Waals surface area (Å²) in [6.07, 6.45) is 1.96. The van der Waals surface area contributed by atoms with E-state index >= 15 is 0 Å². The van der Waals surface area contributed by atoms with Gasteiger partial charge >= 0.3 is 0 Å². The van der Waals surface area contributed by atoms with E-state index in [1.807, 2.05) is 85.1 Å². The maximum atomic E-state index is 12.9. The van der Waals surface area contributed by atoms with Crippen LogP contribution in [0.4, 0.5) is 0 Å². The van der Waals surface area contributed by atoms with Crippen LogP contribution in [0.5, 0.6) is 0 Å². The van der Waals surface area contributed by atoms with Crippen molar-refractivity contribution in [1.82, 2.24) is 20.1 Å². The molecule has 3 aromatic carbocycles. The minimum absolute atomic E-state index is 0.177. The predicted octanol–water partition coefficient (Wildman–Crippen LogP) is 4.99. The van der Waals surface area contributed by atoms with Crippen molar-refractivity contribution in [1.29, 1.82) is 0 Å². The molecular weight excluding hydrogens is 460 g/mol. The summed E-state index contributed by atoms with van der Waals surface area (Å²) in [5.41, 5.74) is 4.14. The zero-order valence-electron chi connectivity index (χ0n) is 18.8. The Morgan fingerprint density at radius 1 is 0.914 bits per heavy atom. The topological polar surface area (TPSA) is 79.8 Å². The van der Waals surface area contributed by atoms with Gasteiger partial charge in [-0.05, 0) is 29.3 Å². The molecule has 7 heteroatoms. The van der Waals surface area contributed by atoms with Gasteiger partial charge in [0.05, 0.1) is 5.69 Å². The van der Waals surface area contributed by atoms with E-state index in [4.69, 9.17) is 11.6 Å². The Balaban J connectivity index is 1.39. The molecule has 2 heterocycles. The van der Waals surface area contributed by atoms with E-state index in [0.717, 1.165) is 27.6 Å². The summed E-state index contributed by atoms with van der Waals surface area (Å²) in [7, 11) is 0. The van der Waals surface area contributed by atoms with Crippen molar-refractivity contribution >= 4 is 28.4 Å². The van der Waals surface area contributed by atoms with E-state index in [1.165, 1.54) is 10.7 Å². The van der Waals surface area contributed by atoms with Crippen LogP contribution in [0.15, 0.2) is 102 Å². The van der Waals surface area contributed by atoms with Gasteiger partial charge < -0.3 is 10.3 Å². The number of H-pyrrole nitrogens is 1. The van der Waals surface area contributed by atoms with Gasteiger partial charge in [-0.15, -0.1) is 0 Å². The molecule has 35 heavy (non-hydrogen) atoms. The van der Waals surface area contributed by atoms with Crippen LogP contribution in [0.1, 0.15) is 17.0 Å². The van der Waals surface area contributed by atoms with Crippen LogP contribution in [0.2, 0.25) is 5.02 Å². The summed E-state index contributed by atoms with van der Waals surface area (Å²) in [5.74, 6) is -0.481. The van der Waals surface area contributed by atoms with Gasteiger partial charge in [-0.2, -0.15) is 5.10 Å². The first-order valence-electron chi connectivity index (χ1n) is 11.3. The first kappa shape index (κ1) is 22.6. The molecule has 1 atom stereocenters. The Morgan fingerprint density at radius 3 is 2.49 bits per heavy atom.